The second-order valence-electron chi connectivity index (χ2n) is 3.57. The van der Waals surface area contributed by atoms with Gasteiger partial charge < -0.3 is 0 Å². The first kappa shape index (κ1) is 12.5. The first-order valence-electron chi connectivity index (χ1n) is 5.03. The topological polar surface area (TPSA) is 17.1 Å². The van der Waals surface area contributed by atoms with E-state index in [0.717, 1.165) is 10.0 Å². The van der Waals surface area contributed by atoms with Crippen LogP contribution in [0.3, 0.4) is 0 Å². The van der Waals surface area contributed by atoms with Gasteiger partial charge in [-0.25, -0.2) is 4.39 Å². The van der Waals surface area contributed by atoms with Gasteiger partial charge in [-0.05, 0) is 42.0 Å². The van der Waals surface area contributed by atoms with Gasteiger partial charge in [-0.15, -0.1) is 0 Å². The van der Waals surface area contributed by atoms with Crippen molar-refractivity contribution in [3.63, 3.8) is 0 Å². The van der Waals surface area contributed by atoms with Crippen molar-refractivity contribution in [2.75, 3.05) is 0 Å². The van der Waals surface area contributed by atoms with Crippen molar-refractivity contribution in [3.8, 4) is 0 Å². The molecule has 1 nitrogen and oxygen atoms in total. The van der Waals surface area contributed by atoms with E-state index in [4.69, 9.17) is 0 Å². The van der Waals surface area contributed by atoms with E-state index in [2.05, 4.69) is 15.9 Å². The lowest BCUT2D eigenvalue weighted by molar-refractivity contribution is 0.626. The lowest BCUT2D eigenvalue weighted by atomic mass is 10.2. The summed E-state index contributed by atoms with van der Waals surface area (Å²) in [5, 5.41) is 0. The van der Waals surface area contributed by atoms with Gasteiger partial charge in [0.2, 0.25) is 0 Å². The Morgan fingerprint density at radius 1 is 1.00 bits per heavy atom. The second kappa shape index (κ2) is 5.56. The molecule has 17 heavy (non-hydrogen) atoms. The fraction of sp³-hybridized carbons (Fsp3) is 0.0769. The van der Waals surface area contributed by atoms with Gasteiger partial charge >= 0.3 is 0 Å². The summed E-state index contributed by atoms with van der Waals surface area (Å²) in [6.07, 6.45) is 0. The van der Waals surface area contributed by atoms with Gasteiger partial charge in [0.1, 0.15) is 5.82 Å². The minimum absolute atomic E-state index is 0.311. The molecule has 0 bridgehead atoms. The Labute approximate surface area is 110 Å². The van der Waals surface area contributed by atoms with E-state index in [1.165, 1.54) is 12.1 Å². The van der Waals surface area contributed by atoms with Gasteiger partial charge in [0.25, 0.3) is 0 Å². The Kier molecular flexibility index (Phi) is 4.07. The molecule has 0 amide bonds. The van der Waals surface area contributed by atoms with E-state index >= 15 is 0 Å². The normalized spacial score (nSPS) is 12.4. The third-order valence-electron chi connectivity index (χ3n) is 2.29. The van der Waals surface area contributed by atoms with E-state index in [0.29, 0.717) is 10.6 Å². The molecule has 0 N–H and O–H groups in total. The molecule has 0 aliphatic carbocycles. The molecule has 2 aromatic rings. The molecule has 2 rings (SSSR count). The molecule has 0 aromatic heterocycles. The second-order valence-corrected chi connectivity index (χ2v) is 5.94. The SMILES string of the molecule is O=S(Cc1ccc(Br)cc1)c1ccc(F)cc1. The summed E-state index contributed by atoms with van der Waals surface area (Å²) in [5.74, 6) is 0.133. The summed E-state index contributed by atoms with van der Waals surface area (Å²) in [6, 6.07) is 13.4. The van der Waals surface area contributed by atoms with Crippen LogP contribution >= 0.6 is 15.9 Å². The molecule has 88 valence electrons. The molecule has 0 heterocycles. The lowest BCUT2D eigenvalue weighted by Crippen LogP contribution is -1.96. The largest absolute Gasteiger partial charge is 0.254 e. The van der Waals surface area contributed by atoms with Gasteiger partial charge in [-0.2, -0.15) is 0 Å². The van der Waals surface area contributed by atoms with Gasteiger partial charge in [0.05, 0.1) is 16.6 Å². The predicted octanol–water partition coefficient (Wildman–Crippen LogP) is 3.90. The lowest BCUT2D eigenvalue weighted by Gasteiger charge is -2.03. The van der Waals surface area contributed by atoms with Crippen LogP contribution < -0.4 is 0 Å². The van der Waals surface area contributed by atoms with Crippen LogP contribution in [0.5, 0.6) is 0 Å². The van der Waals surface area contributed by atoms with Gasteiger partial charge in [0, 0.05) is 9.37 Å². The fourth-order valence-corrected chi connectivity index (χ4v) is 2.77. The Morgan fingerprint density at radius 2 is 1.59 bits per heavy atom. The third-order valence-corrected chi connectivity index (χ3v) is 4.21. The Morgan fingerprint density at radius 3 is 2.18 bits per heavy atom. The number of hydrogen-bond acceptors (Lipinski definition) is 1. The highest BCUT2D eigenvalue weighted by Crippen LogP contribution is 2.15. The highest BCUT2D eigenvalue weighted by Gasteiger charge is 2.05. The van der Waals surface area contributed by atoms with Crippen LogP contribution in [0.4, 0.5) is 4.39 Å². The van der Waals surface area contributed by atoms with Crippen molar-refractivity contribution in [1.29, 1.82) is 0 Å². The van der Waals surface area contributed by atoms with Crippen molar-refractivity contribution >= 4 is 26.7 Å². The first-order valence-corrected chi connectivity index (χ1v) is 7.15. The maximum atomic E-state index is 12.7. The third kappa shape index (κ3) is 3.48. The van der Waals surface area contributed by atoms with Crippen LogP contribution in [0.15, 0.2) is 57.9 Å². The van der Waals surface area contributed by atoms with E-state index < -0.39 is 10.8 Å². The number of rotatable bonds is 3. The van der Waals surface area contributed by atoms with Crippen molar-refractivity contribution in [2.45, 2.75) is 10.6 Å². The maximum Gasteiger partial charge on any atom is 0.123 e. The summed E-state index contributed by atoms with van der Waals surface area (Å²) in [4.78, 5) is 0.648. The van der Waals surface area contributed by atoms with Crippen molar-refractivity contribution in [1.82, 2.24) is 0 Å². The molecule has 1 unspecified atom stereocenters. The molecule has 2 aromatic carbocycles. The van der Waals surface area contributed by atoms with E-state index in [9.17, 15) is 8.60 Å². The standard InChI is InChI=1S/C13H10BrFOS/c14-11-3-1-10(2-4-11)9-17(16)13-7-5-12(15)6-8-13/h1-8H,9H2. The molecule has 0 aliphatic rings. The molecule has 4 heteroatoms. The van der Waals surface area contributed by atoms with Crippen LogP contribution in [0.2, 0.25) is 0 Å². The Bertz CT molecular complexity index is 522. The van der Waals surface area contributed by atoms with Crippen LogP contribution in [0.25, 0.3) is 0 Å². The van der Waals surface area contributed by atoms with Crippen molar-refractivity contribution in [2.24, 2.45) is 0 Å². The molecule has 0 spiro atoms. The Hall–Kier alpha value is -1.00. The molecule has 0 saturated carbocycles. The molecule has 0 radical (unpaired) electrons. The summed E-state index contributed by atoms with van der Waals surface area (Å²) in [7, 11) is -1.13. The quantitative estimate of drug-likeness (QED) is 0.840. The highest BCUT2D eigenvalue weighted by molar-refractivity contribution is 9.10. The minimum atomic E-state index is -1.13. The molecular weight excluding hydrogens is 303 g/mol. The molecular formula is C13H10BrFOS. The summed E-state index contributed by atoms with van der Waals surface area (Å²) in [5.41, 5.74) is 0.996. The van der Waals surface area contributed by atoms with Gasteiger partial charge in [0.15, 0.2) is 0 Å². The maximum absolute atomic E-state index is 12.7. The smallest absolute Gasteiger partial charge is 0.123 e. The summed E-state index contributed by atoms with van der Waals surface area (Å²) in [6.45, 7) is 0. The summed E-state index contributed by atoms with van der Waals surface area (Å²) < 4.78 is 25.7. The number of benzene rings is 2. The van der Waals surface area contributed by atoms with E-state index in [1.54, 1.807) is 12.1 Å². The number of hydrogen-bond donors (Lipinski definition) is 0. The van der Waals surface area contributed by atoms with Crippen molar-refractivity contribution in [3.05, 3.63) is 64.4 Å². The molecule has 0 saturated heterocycles. The first-order chi connectivity index (χ1) is 8.15. The molecule has 1 atom stereocenters. The average Bonchev–Trinajstić information content (AvgIpc) is 2.33. The zero-order valence-corrected chi connectivity index (χ0v) is 11.3. The minimum Gasteiger partial charge on any atom is -0.254 e. The van der Waals surface area contributed by atoms with Gasteiger partial charge in [-0.3, -0.25) is 4.21 Å². The van der Waals surface area contributed by atoms with E-state index in [1.807, 2.05) is 24.3 Å². The van der Waals surface area contributed by atoms with Crippen LogP contribution in [-0.2, 0) is 16.6 Å². The monoisotopic (exact) mass is 312 g/mol. The molecule has 0 fully saturated rings. The van der Waals surface area contributed by atoms with Crippen LogP contribution in [-0.4, -0.2) is 4.21 Å². The zero-order chi connectivity index (χ0) is 12.3. The number of halogens is 2. The molecule has 0 aliphatic heterocycles. The van der Waals surface area contributed by atoms with Crippen LogP contribution in [0.1, 0.15) is 5.56 Å². The van der Waals surface area contributed by atoms with E-state index in [-0.39, 0.29) is 5.82 Å². The fourth-order valence-electron chi connectivity index (χ4n) is 1.40. The predicted molar refractivity (Wildman–Crippen MR) is 70.7 cm³/mol. The summed E-state index contributed by atoms with van der Waals surface area (Å²) >= 11 is 3.35. The van der Waals surface area contributed by atoms with Gasteiger partial charge in [-0.1, -0.05) is 28.1 Å². The van der Waals surface area contributed by atoms with Crippen LogP contribution in [0, 0.1) is 5.82 Å². The zero-order valence-electron chi connectivity index (χ0n) is 8.90. The highest BCUT2D eigenvalue weighted by atomic mass is 79.9. The average molecular weight is 313 g/mol. The Balaban J connectivity index is 2.11. The van der Waals surface area contributed by atoms with Crippen molar-refractivity contribution < 1.29 is 8.60 Å².